The Morgan fingerprint density at radius 1 is 1.37 bits per heavy atom. The summed E-state index contributed by atoms with van der Waals surface area (Å²) in [4.78, 5) is 27.2. The number of thioether (sulfide) groups is 2. The Morgan fingerprint density at radius 3 is 2.69 bits per heavy atom. The number of nitrogens with two attached hydrogens (primary N) is 2. The van der Waals surface area contributed by atoms with Crippen molar-refractivity contribution in [3.05, 3.63) is 34.4 Å². The number of aliphatic hydroxyl groups excluding tert-OH is 1. The minimum absolute atomic E-state index is 0.0324. The molecule has 35 heavy (non-hydrogen) atoms. The lowest BCUT2D eigenvalue weighted by Gasteiger charge is -2.46. The summed E-state index contributed by atoms with van der Waals surface area (Å²) in [6.07, 6.45) is -0.0774. The predicted molar refractivity (Wildman–Crippen MR) is 134 cm³/mol. The van der Waals surface area contributed by atoms with Gasteiger partial charge in [0.1, 0.15) is 5.70 Å². The highest BCUT2D eigenvalue weighted by Gasteiger charge is 2.60. The minimum Gasteiger partial charge on any atom is -0.477 e. The number of β-lactam (4-membered cyclic amide) rings is 1. The topological polar surface area (TPSA) is 176 Å². The summed E-state index contributed by atoms with van der Waals surface area (Å²) < 4.78 is 24.1. The molecule has 6 atom stereocenters. The smallest absolute Gasteiger partial charge is 0.353 e. The van der Waals surface area contributed by atoms with Gasteiger partial charge in [-0.05, 0) is 31.0 Å². The van der Waals surface area contributed by atoms with Gasteiger partial charge in [0.25, 0.3) is 0 Å². The maximum Gasteiger partial charge on any atom is 0.353 e. The van der Waals surface area contributed by atoms with Gasteiger partial charge in [0.2, 0.25) is 15.9 Å². The number of nitrogens with zero attached hydrogens (tertiary/aromatic N) is 1. The molecular weight excluding hydrogens is 512 g/mol. The van der Waals surface area contributed by atoms with E-state index in [1.165, 1.54) is 34.5 Å². The first-order valence-corrected chi connectivity index (χ1v) is 14.7. The number of carboxylic acids is 1. The van der Waals surface area contributed by atoms with Crippen molar-refractivity contribution < 1.29 is 28.2 Å². The van der Waals surface area contributed by atoms with Gasteiger partial charge in [-0.1, -0.05) is 13.0 Å². The van der Waals surface area contributed by atoms with E-state index in [1.54, 1.807) is 19.1 Å². The van der Waals surface area contributed by atoms with Crippen LogP contribution in [0.5, 0.6) is 0 Å². The third kappa shape index (κ3) is 4.99. The van der Waals surface area contributed by atoms with Crippen molar-refractivity contribution in [1.29, 1.82) is 0 Å². The van der Waals surface area contributed by atoms with Crippen LogP contribution in [0.3, 0.4) is 0 Å². The maximum atomic E-state index is 12.5. The summed E-state index contributed by atoms with van der Waals surface area (Å²) in [5.41, 5.74) is 6.34. The number of benzene rings is 1. The average Bonchev–Trinajstić information content (AvgIpc) is 3.32. The standard InChI is InChI=1S/C22H30N4O6S3/c1-10-18-17(11(2)27)21(28)26(18)19(22(29)30)20(10)34-14-6-13(25-8-14)9-33-15-4-3-12(7-23)5-16(15)35(24,31)32/h3-5,10-11,13-14,17-18,25,27H,6-9,23H2,1-2H3,(H,29,30)(H2,24,31,32). The van der Waals surface area contributed by atoms with E-state index >= 15 is 0 Å². The molecule has 4 rings (SSSR count). The van der Waals surface area contributed by atoms with Gasteiger partial charge in [-0.2, -0.15) is 0 Å². The van der Waals surface area contributed by atoms with Crippen LogP contribution in [-0.2, 0) is 26.2 Å². The summed E-state index contributed by atoms with van der Waals surface area (Å²) in [6.45, 7) is 4.34. The number of hydrogen-bond donors (Lipinski definition) is 5. The van der Waals surface area contributed by atoms with E-state index in [1.807, 2.05) is 6.92 Å². The lowest BCUT2D eigenvalue weighted by Crippen LogP contribution is -2.63. The molecular formula is C22H30N4O6S3. The summed E-state index contributed by atoms with van der Waals surface area (Å²) in [5.74, 6) is -1.61. The second-order valence-corrected chi connectivity index (χ2v) is 13.1. The third-order valence-electron chi connectivity index (χ3n) is 6.78. The zero-order valence-electron chi connectivity index (χ0n) is 19.4. The normalized spacial score (nSPS) is 29.3. The Kier molecular flexibility index (Phi) is 7.59. The van der Waals surface area contributed by atoms with E-state index in [2.05, 4.69) is 5.32 Å². The number of carbonyl (C=O) groups excluding carboxylic acids is 1. The van der Waals surface area contributed by atoms with E-state index in [0.29, 0.717) is 27.7 Å². The molecule has 0 spiro atoms. The van der Waals surface area contributed by atoms with E-state index in [9.17, 15) is 28.2 Å². The van der Waals surface area contributed by atoms with Gasteiger partial charge in [0, 0.05) is 45.9 Å². The molecule has 6 unspecified atom stereocenters. The Labute approximate surface area is 212 Å². The van der Waals surface area contributed by atoms with Gasteiger partial charge in [-0.25, -0.2) is 18.4 Å². The quantitative estimate of drug-likeness (QED) is 0.218. The van der Waals surface area contributed by atoms with Crippen molar-refractivity contribution >= 4 is 45.4 Å². The minimum atomic E-state index is -3.89. The number of sulfonamides is 1. The summed E-state index contributed by atoms with van der Waals surface area (Å²) >= 11 is 2.88. The fourth-order valence-corrected chi connectivity index (χ4v) is 8.78. The molecule has 2 fully saturated rings. The summed E-state index contributed by atoms with van der Waals surface area (Å²) in [6, 6.07) is 4.77. The number of amides is 1. The van der Waals surface area contributed by atoms with Crippen molar-refractivity contribution in [3.63, 3.8) is 0 Å². The first kappa shape index (κ1) is 26.5. The molecule has 2 saturated heterocycles. The number of fused-ring (bicyclic) bond motifs is 1. The number of rotatable bonds is 9. The molecule has 0 radical (unpaired) electrons. The van der Waals surface area contributed by atoms with Crippen molar-refractivity contribution in [2.24, 2.45) is 22.7 Å². The molecule has 0 saturated carbocycles. The number of primary sulfonamides is 1. The van der Waals surface area contributed by atoms with Crippen LogP contribution in [0, 0.1) is 11.8 Å². The fraction of sp³-hybridized carbons (Fsp3) is 0.545. The first-order chi connectivity index (χ1) is 16.4. The molecule has 0 aliphatic carbocycles. The van der Waals surface area contributed by atoms with Gasteiger partial charge >= 0.3 is 5.97 Å². The lowest BCUT2D eigenvalue weighted by atomic mass is 9.79. The molecule has 10 nitrogen and oxygen atoms in total. The van der Waals surface area contributed by atoms with E-state index < -0.39 is 28.0 Å². The van der Waals surface area contributed by atoms with Crippen molar-refractivity contribution in [3.8, 4) is 0 Å². The second-order valence-electron chi connectivity index (χ2n) is 9.19. The van der Waals surface area contributed by atoms with Gasteiger partial charge in [0.15, 0.2) is 0 Å². The summed E-state index contributed by atoms with van der Waals surface area (Å²) in [7, 11) is -3.89. The summed E-state index contributed by atoms with van der Waals surface area (Å²) in [5, 5.41) is 28.8. The van der Waals surface area contributed by atoms with Crippen molar-refractivity contribution in [1.82, 2.24) is 10.2 Å². The Hall–Kier alpha value is -1.61. The van der Waals surface area contributed by atoms with Crippen LogP contribution in [0.4, 0.5) is 0 Å². The van der Waals surface area contributed by atoms with Crippen molar-refractivity contribution in [2.75, 3.05) is 12.3 Å². The molecule has 7 N–H and O–H groups in total. The van der Waals surface area contributed by atoms with Gasteiger partial charge in [0.05, 0.1) is 23.0 Å². The molecule has 3 aliphatic heterocycles. The van der Waals surface area contributed by atoms with E-state index in [0.717, 1.165) is 6.42 Å². The monoisotopic (exact) mass is 542 g/mol. The molecule has 1 aromatic rings. The van der Waals surface area contributed by atoms with Crippen LogP contribution in [-0.4, -0.2) is 71.1 Å². The van der Waals surface area contributed by atoms with Crippen LogP contribution in [0.15, 0.2) is 38.6 Å². The number of carboxylic acid groups (broad SMARTS) is 1. The van der Waals surface area contributed by atoms with Crippen LogP contribution in [0.1, 0.15) is 25.8 Å². The molecule has 0 bridgehead atoms. The number of aliphatic hydroxyl groups is 1. The molecule has 13 heteroatoms. The largest absolute Gasteiger partial charge is 0.477 e. The highest BCUT2D eigenvalue weighted by Crippen LogP contribution is 2.51. The number of carbonyl (C=O) groups is 2. The lowest BCUT2D eigenvalue weighted by molar-refractivity contribution is -0.163. The Bertz CT molecular complexity index is 1170. The molecule has 3 aliphatic rings. The van der Waals surface area contributed by atoms with Gasteiger partial charge in [-0.3, -0.25) is 4.79 Å². The molecule has 0 aromatic heterocycles. The highest BCUT2D eigenvalue weighted by molar-refractivity contribution is 8.03. The second kappa shape index (κ2) is 10.0. The van der Waals surface area contributed by atoms with Crippen molar-refractivity contribution in [2.45, 2.75) is 60.0 Å². The molecule has 1 aromatic carbocycles. The van der Waals surface area contributed by atoms with E-state index in [-0.39, 0.29) is 46.3 Å². The molecule has 3 heterocycles. The maximum absolute atomic E-state index is 12.5. The zero-order chi connectivity index (χ0) is 25.7. The van der Waals surface area contributed by atoms with Gasteiger partial charge in [-0.15, -0.1) is 23.5 Å². The number of aliphatic carboxylic acids is 1. The number of nitrogens with one attached hydrogen (secondary N) is 1. The van der Waals surface area contributed by atoms with Crippen LogP contribution in [0.2, 0.25) is 0 Å². The SMILES string of the molecule is CC(O)C1C(=O)N2C(C(=O)O)=C(SC3CNC(CSc4ccc(CN)cc4S(N)(=O)=O)C3)C(C)C12. The zero-order valence-corrected chi connectivity index (χ0v) is 21.8. The van der Waals surface area contributed by atoms with Crippen LogP contribution >= 0.6 is 23.5 Å². The third-order valence-corrected chi connectivity index (χ3v) is 10.6. The van der Waals surface area contributed by atoms with Gasteiger partial charge < -0.3 is 26.2 Å². The van der Waals surface area contributed by atoms with E-state index in [4.69, 9.17) is 10.9 Å². The van der Waals surface area contributed by atoms with Crippen LogP contribution < -0.4 is 16.2 Å². The molecule has 1 amide bonds. The molecule has 192 valence electrons. The predicted octanol–water partition coefficient (Wildman–Crippen LogP) is 0.502. The van der Waals surface area contributed by atoms with Crippen LogP contribution in [0.25, 0.3) is 0 Å². The number of hydrogen-bond acceptors (Lipinski definition) is 9. The average molecular weight is 543 g/mol. The Morgan fingerprint density at radius 2 is 2.09 bits per heavy atom. The Balaban J connectivity index is 1.42. The fourth-order valence-electron chi connectivity index (χ4n) is 5.07. The highest BCUT2D eigenvalue weighted by atomic mass is 32.2. The first-order valence-electron chi connectivity index (χ1n) is 11.3.